The summed E-state index contributed by atoms with van der Waals surface area (Å²) in [5.41, 5.74) is 0.531. The number of non-ortho nitro benzene ring substituents is 1. The maximum atomic E-state index is 11.7. The lowest BCUT2D eigenvalue weighted by Crippen LogP contribution is -2.09. The molecule has 1 heterocycles. The highest BCUT2D eigenvalue weighted by Gasteiger charge is 2.19. The minimum Gasteiger partial charge on any atom is -0.453 e. The van der Waals surface area contributed by atoms with Crippen molar-refractivity contribution in [3.63, 3.8) is 0 Å². The predicted octanol–water partition coefficient (Wildman–Crippen LogP) is 3.69. The Morgan fingerprint density at radius 2 is 1.92 bits per heavy atom. The van der Waals surface area contributed by atoms with E-state index in [-0.39, 0.29) is 23.4 Å². The van der Waals surface area contributed by atoms with E-state index in [4.69, 9.17) is 9.15 Å². The summed E-state index contributed by atoms with van der Waals surface area (Å²) in [4.78, 5) is 21.9. The molecule has 1 aromatic carbocycles. The van der Waals surface area contributed by atoms with Gasteiger partial charge in [0.15, 0.2) is 6.10 Å². The molecule has 24 heavy (non-hydrogen) atoms. The maximum Gasteiger partial charge on any atom is 0.306 e. The molecule has 0 amide bonds. The Morgan fingerprint density at radius 3 is 2.50 bits per heavy atom. The van der Waals surface area contributed by atoms with Crippen LogP contribution in [0.25, 0.3) is 11.5 Å². The third-order valence-corrected chi connectivity index (χ3v) is 3.35. The number of hydrogen-bond acceptors (Lipinski definition) is 7. The van der Waals surface area contributed by atoms with Crippen molar-refractivity contribution in [2.45, 2.75) is 39.7 Å². The molecule has 2 aromatic rings. The predicted molar refractivity (Wildman–Crippen MR) is 85.0 cm³/mol. The van der Waals surface area contributed by atoms with Crippen molar-refractivity contribution in [3.8, 4) is 11.5 Å². The molecule has 1 atom stereocenters. The van der Waals surface area contributed by atoms with Gasteiger partial charge in [0.1, 0.15) is 0 Å². The molecule has 0 aliphatic carbocycles. The summed E-state index contributed by atoms with van der Waals surface area (Å²) in [6, 6.07) is 5.76. The SMILES string of the molecule is CC(C)CCC(=O)OC(C)c1nnc(-c2ccc([N+](=O)[O-])cc2)o1. The van der Waals surface area contributed by atoms with Crippen LogP contribution in [0.2, 0.25) is 0 Å². The van der Waals surface area contributed by atoms with Gasteiger partial charge in [-0.3, -0.25) is 14.9 Å². The Balaban J connectivity index is 2.01. The van der Waals surface area contributed by atoms with Crippen LogP contribution in [-0.2, 0) is 9.53 Å². The second-order valence-corrected chi connectivity index (χ2v) is 5.81. The maximum absolute atomic E-state index is 11.7. The van der Waals surface area contributed by atoms with Crippen LogP contribution < -0.4 is 0 Å². The molecule has 128 valence electrons. The number of nitrogens with zero attached hydrogens (tertiary/aromatic N) is 3. The Kier molecular flexibility index (Phi) is 5.62. The van der Waals surface area contributed by atoms with E-state index < -0.39 is 11.0 Å². The van der Waals surface area contributed by atoms with Gasteiger partial charge in [0.2, 0.25) is 5.89 Å². The van der Waals surface area contributed by atoms with Gasteiger partial charge in [-0.05, 0) is 31.4 Å². The molecule has 8 heteroatoms. The molecule has 0 radical (unpaired) electrons. The highest BCUT2D eigenvalue weighted by Crippen LogP contribution is 2.24. The number of ether oxygens (including phenoxy) is 1. The van der Waals surface area contributed by atoms with Crippen molar-refractivity contribution in [1.82, 2.24) is 10.2 Å². The summed E-state index contributed by atoms with van der Waals surface area (Å²) in [5, 5.41) is 18.4. The summed E-state index contributed by atoms with van der Waals surface area (Å²) in [5.74, 6) is 0.502. The number of aromatic nitrogens is 2. The van der Waals surface area contributed by atoms with Gasteiger partial charge >= 0.3 is 5.97 Å². The Morgan fingerprint density at radius 1 is 1.25 bits per heavy atom. The number of carbonyl (C=O) groups is 1. The number of hydrogen-bond donors (Lipinski definition) is 0. The summed E-state index contributed by atoms with van der Waals surface area (Å²) < 4.78 is 10.8. The quantitative estimate of drug-likeness (QED) is 0.432. The fraction of sp³-hybridized carbons (Fsp3) is 0.438. The molecule has 0 aliphatic rings. The summed E-state index contributed by atoms with van der Waals surface area (Å²) in [7, 11) is 0. The van der Waals surface area contributed by atoms with Crippen LogP contribution in [0.15, 0.2) is 28.7 Å². The molecular formula is C16H19N3O5. The number of nitro groups is 1. The molecule has 0 fully saturated rings. The molecule has 0 saturated carbocycles. The van der Waals surface area contributed by atoms with Crippen LogP contribution in [0, 0.1) is 16.0 Å². The van der Waals surface area contributed by atoms with Gasteiger partial charge in [0.05, 0.1) is 4.92 Å². The molecule has 2 rings (SSSR count). The Hall–Kier alpha value is -2.77. The Labute approximate surface area is 139 Å². The van der Waals surface area contributed by atoms with Crippen molar-refractivity contribution < 1.29 is 18.9 Å². The zero-order chi connectivity index (χ0) is 17.7. The van der Waals surface area contributed by atoms with Crippen molar-refractivity contribution in [2.75, 3.05) is 0 Å². The molecule has 1 aromatic heterocycles. The van der Waals surface area contributed by atoms with Crippen LogP contribution in [-0.4, -0.2) is 21.1 Å². The average Bonchev–Trinajstić information content (AvgIpc) is 3.03. The third-order valence-electron chi connectivity index (χ3n) is 3.35. The molecule has 8 nitrogen and oxygen atoms in total. The van der Waals surface area contributed by atoms with E-state index in [1.165, 1.54) is 24.3 Å². The first-order valence-electron chi connectivity index (χ1n) is 7.64. The van der Waals surface area contributed by atoms with E-state index in [1.54, 1.807) is 6.92 Å². The zero-order valence-electron chi connectivity index (χ0n) is 13.8. The highest BCUT2D eigenvalue weighted by atomic mass is 16.6. The van der Waals surface area contributed by atoms with Crippen molar-refractivity contribution in [2.24, 2.45) is 5.92 Å². The lowest BCUT2D eigenvalue weighted by atomic mass is 10.1. The van der Waals surface area contributed by atoms with E-state index in [0.717, 1.165) is 6.42 Å². The first-order valence-corrected chi connectivity index (χ1v) is 7.64. The second kappa shape index (κ2) is 7.67. The minimum atomic E-state index is -0.649. The number of nitro benzene ring substituents is 1. The standard InChI is InChI=1S/C16H19N3O5/c1-10(2)4-9-14(20)23-11(3)15-17-18-16(24-15)12-5-7-13(8-6-12)19(21)22/h5-8,10-11H,4,9H2,1-3H3. The normalized spacial score (nSPS) is 12.2. The molecule has 0 N–H and O–H groups in total. The van der Waals surface area contributed by atoms with Crippen LogP contribution >= 0.6 is 0 Å². The van der Waals surface area contributed by atoms with Gasteiger partial charge in [-0.1, -0.05) is 13.8 Å². The fourth-order valence-electron chi connectivity index (χ4n) is 1.95. The smallest absolute Gasteiger partial charge is 0.306 e. The van der Waals surface area contributed by atoms with Gasteiger partial charge in [0.25, 0.3) is 11.6 Å². The molecule has 0 bridgehead atoms. The zero-order valence-corrected chi connectivity index (χ0v) is 13.8. The first kappa shape index (κ1) is 17.6. The van der Waals surface area contributed by atoms with Gasteiger partial charge in [-0.2, -0.15) is 0 Å². The second-order valence-electron chi connectivity index (χ2n) is 5.81. The van der Waals surface area contributed by atoms with E-state index in [1.807, 2.05) is 13.8 Å². The Bertz CT molecular complexity index is 709. The monoisotopic (exact) mass is 333 g/mol. The molecule has 1 unspecified atom stereocenters. The van der Waals surface area contributed by atoms with E-state index >= 15 is 0 Å². The largest absolute Gasteiger partial charge is 0.453 e. The van der Waals surface area contributed by atoms with E-state index in [0.29, 0.717) is 17.9 Å². The summed E-state index contributed by atoms with van der Waals surface area (Å²) in [6.45, 7) is 5.72. The highest BCUT2D eigenvalue weighted by molar-refractivity contribution is 5.69. The summed E-state index contributed by atoms with van der Waals surface area (Å²) >= 11 is 0. The lowest BCUT2D eigenvalue weighted by Gasteiger charge is -2.10. The van der Waals surface area contributed by atoms with Crippen LogP contribution in [0.5, 0.6) is 0 Å². The average molecular weight is 333 g/mol. The fourth-order valence-corrected chi connectivity index (χ4v) is 1.95. The van der Waals surface area contributed by atoms with Gasteiger partial charge in [0, 0.05) is 24.1 Å². The van der Waals surface area contributed by atoms with Crippen LogP contribution in [0.4, 0.5) is 5.69 Å². The molecular weight excluding hydrogens is 314 g/mol. The third kappa shape index (κ3) is 4.61. The number of esters is 1. The molecule has 0 spiro atoms. The van der Waals surface area contributed by atoms with Gasteiger partial charge < -0.3 is 9.15 Å². The summed E-state index contributed by atoms with van der Waals surface area (Å²) in [6.07, 6.45) is 0.443. The molecule has 0 saturated heterocycles. The molecule has 0 aliphatic heterocycles. The van der Waals surface area contributed by atoms with Crippen molar-refractivity contribution in [3.05, 3.63) is 40.3 Å². The number of rotatable bonds is 7. The van der Waals surface area contributed by atoms with Crippen LogP contribution in [0.3, 0.4) is 0 Å². The first-order chi connectivity index (χ1) is 11.4. The number of benzene rings is 1. The number of carbonyl (C=O) groups excluding carboxylic acids is 1. The topological polar surface area (TPSA) is 108 Å². The lowest BCUT2D eigenvalue weighted by molar-refractivity contribution is -0.384. The van der Waals surface area contributed by atoms with Crippen molar-refractivity contribution >= 4 is 11.7 Å². The minimum absolute atomic E-state index is 0.0223. The van der Waals surface area contributed by atoms with Gasteiger partial charge in [-0.15, -0.1) is 10.2 Å². The van der Waals surface area contributed by atoms with Crippen molar-refractivity contribution in [1.29, 1.82) is 0 Å². The van der Waals surface area contributed by atoms with Gasteiger partial charge in [-0.25, -0.2) is 0 Å². The van der Waals surface area contributed by atoms with E-state index in [9.17, 15) is 14.9 Å². The van der Waals surface area contributed by atoms with Crippen LogP contribution in [0.1, 0.15) is 45.6 Å². The van der Waals surface area contributed by atoms with E-state index in [2.05, 4.69) is 10.2 Å².